The number of hydrogen-bond donors (Lipinski definition) is 1. The fraction of sp³-hybridized carbons (Fsp3) is 0.344. The maximum Gasteiger partial charge on any atom is 2.00 e. The van der Waals surface area contributed by atoms with Crippen molar-refractivity contribution in [2.75, 3.05) is 0 Å². The molecule has 0 aliphatic heterocycles. The minimum absolute atomic E-state index is 0. The number of ketones is 1. The molecule has 0 saturated heterocycles. The Bertz CT molecular complexity index is 1320. The van der Waals surface area contributed by atoms with Crippen LogP contribution >= 0.6 is 0 Å². The molecule has 4 rings (SSSR count). The first kappa shape index (κ1) is 32.4. The molecular weight excluding hydrogens is 664 g/mol. The van der Waals surface area contributed by atoms with Gasteiger partial charge in [-0.15, -0.1) is 5.10 Å². The van der Waals surface area contributed by atoms with Crippen molar-refractivity contribution in [1.82, 2.24) is 15.0 Å². The van der Waals surface area contributed by atoms with Crippen LogP contribution in [0.15, 0.2) is 54.7 Å². The van der Waals surface area contributed by atoms with Crippen LogP contribution in [0.3, 0.4) is 0 Å². The largest absolute Gasteiger partial charge is 2.00 e. The number of aliphatic hydroxyl groups is 1. The number of hydrogen-bond acceptors (Lipinski definition) is 4. The number of carbonyl (C=O) groups is 1. The van der Waals surface area contributed by atoms with Crippen LogP contribution in [0.1, 0.15) is 53.6 Å². The average molecular weight is 705 g/mol. The van der Waals surface area contributed by atoms with E-state index in [1.54, 1.807) is 11.6 Å². The zero-order valence-electron chi connectivity index (χ0n) is 24.6. The molecule has 0 saturated carbocycles. The second-order valence-corrected chi connectivity index (χ2v) is 10.7. The Morgan fingerprint density at radius 2 is 1.31 bits per heavy atom. The van der Waals surface area contributed by atoms with Crippen molar-refractivity contribution < 1.29 is 31.0 Å². The van der Waals surface area contributed by atoms with Crippen molar-refractivity contribution in [3.05, 3.63) is 88.1 Å². The second kappa shape index (κ2) is 14.0. The van der Waals surface area contributed by atoms with Gasteiger partial charge in [0.05, 0.1) is 12.3 Å². The molecule has 1 unspecified atom stereocenters. The summed E-state index contributed by atoms with van der Waals surface area (Å²) >= 11 is 0. The van der Waals surface area contributed by atoms with Gasteiger partial charge in [0.1, 0.15) is 11.5 Å². The van der Waals surface area contributed by atoms with Crippen LogP contribution in [-0.4, -0.2) is 38.7 Å². The van der Waals surface area contributed by atoms with Crippen molar-refractivity contribution in [3.63, 3.8) is 0 Å². The molecule has 39 heavy (non-hydrogen) atoms. The van der Waals surface area contributed by atoms with Crippen molar-refractivity contribution in [3.8, 4) is 11.3 Å². The molecule has 4 aromatic rings. The van der Waals surface area contributed by atoms with Crippen molar-refractivity contribution >= 4 is 28.9 Å². The Hall–Kier alpha value is -2.82. The van der Waals surface area contributed by atoms with Gasteiger partial charge < -0.3 is 5.11 Å². The van der Waals surface area contributed by atoms with Crippen LogP contribution in [0, 0.1) is 41.5 Å². The summed E-state index contributed by atoms with van der Waals surface area (Å²) in [5.41, 5.74) is 14.1. The molecule has 0 fully saturated rings. The van der Waals surface area contributed by atoms with Crippen LogP contribution in [0.5, 0.6) is 0 Å². The van der Waals surface area contributed by atoms with Gasteiger partial charge in [0.2, 0.25) is 6.71 Å². The molecule has 0 spiro atoms. The van der Waals surface area contributed by atoms with Gasteiger partial charge in [0.25, 0.3) is 0 Å². The fourth-order valence-corrected chi connectivity index (χ4v) is 5.51. The predicted molar refractivity (Wildman–Crippen MR) is 159 cm³/mol. The molecule has 7 heteroatoms. The summed E-state index contributed by atoms with van der Waals surface area (Å²) in [4.78, 5) is 10.1. The summed E-state index contributed by atoms with van der Waals surface area (Å²) in [5, 5.41) is 16.8. The fourth-order valence-electron chi connectivity index (χ4n) is 5.51. The molecule has 0 aliphatic rings. The summed E-state index contributed by atoms with van der Waals surface area (Å²) in [7, 11) is 1.90. The van der Waals surface area contributed by atoms with Gasteiger partial charge in [-0.2, -0.15) is 0 Å². The molecule has 1 aromatic heterocycles. The Morgan fingerprint density at radius 1 is 0.872 bits per heavy atom. The maximum absolute atomic E-state index is 10.1. The predicted octanol–water partition coefficient (Wildman–Crippen LogP) is 4.19. The van der Waals surface area contributed by atoms with E-state index in [0.29, 0.717) is 0 Å². The Balaban J connectivity index is 0.000000592. The van der Waals surface area contributed by atoms with Crippen LogP contribution in [0.2, 0.25) is 0 Å². The van der Waals surface area contributed by atoms with Gasteiger partial charge in [0, 0.05) is 19.0 Å². The van der Waals surface area contributed by atoms with Crippen LogP contribution in [0.4, 0.5) is 0 Å². The quantitative estimate of drug-likeness (QED) is 0.306. The molecule has 5 nitrogen and oxygen atoms in total. The standard InChI is InChI=1S/C27H30BN3.C5H10O2.Pt/c1-17-12-19(3)26(20(4)13-17)28(27-21(5)14-18(2)15-22(27)6)24-10-8-23(9-11-24)25-16-31(7)30-29-25;1-4(6)3-5(2)7;/h8-16H,1-7H3;4,6H,3H2,1-2H3;/q;;+2. The zero-order valence-corrected chi connectivity index (χ0v) is 26.8. The summed E-state index contributed by atoms with van der Waals surface area (Å²) in [6.45, 7) is 16.6. The number of aromatic nitrogens is 3. The molecule has 1 atom stereocenters. The van der Waals surface area contributed by atoms with Crippen molar-refractivity contribution in [2.45, 2.75) is 67.9 Å². The van der Waals surface area contributed by atoms with E-state index in [4.69, 9.17) is 5.11 Å². The molecule has 206 valence electrons. The van der Waals surface area contributed by atoms with E-state index in [1.165, 1.54) is 56.7 Å². The van der Waals surface area contributed by atoms with Gasteiger partial charge in [-0.25, -0.2) is 0 Å². The average Bonchev–Trinajstić information content (AvgIpc) is 3.22. The first-order chi connectivity index (χ1) is 17.9. The van der Waals surface area contributed by atoms with Crippen molar-refractivity contribution in [2.24, 2.45) is 7.05 Å². The van der Waals surface area contributed by atoms with Crippen LogP contribution < -0.4 is 16.4 Å². The number of rotatable bonds is 6. The van der Waals surface area contributed by atoms with E-state index in [2.05, 4.69) is 100 Å². The first-order valence-corrected chi connectivity index (χ1v) is 13.2. The Morgan fingerprint density at radius 3 is 1.62 bits per heavy atom. The number of nitrogens with zero attached hydrogens (tertiary/aromatic N) is 3. The number of aliphatic hydroxyl groups excluding tert-OH is 1. The van der Waals surface area contributed by atoms with E-state index in [0.717, 1.165) is 11.3 Å². The molecule has 1 N–H and O–H groups in total. The molecule has 3 aromatic carbocycles. The third-order valence-electron chi connectivity index (χ3n) is 6.78. The minimum atomic E-state index is -0.475. The summed E-state index contributed by atoms with van der Waals surface area (Å²) < 4.78 is 1.74. The molecule has 0 radical (unpaired) electrons. The second-order valence-electron chi connectivity index (χ2n) is 10.7. The van der Waals surface area contributed by atoms with E-state index in [-0.39, 0.29) is 40.0 Å². The summed E-state index contributed by atoms with van der Waals surface area (Å²) in [6, 6.07) is 18.1. The number of benzene rings is 3. The van der Waals surface area contributed by atoms with Gasteiger partial charge >= 0.3 is 21.1 Å². The van der Waals surface area contributed by atoms with E-state index >= 15 is 0 Å². The smallest absolute Gasteiger partial charge is 0.393 e. The molecule has 0 bridgehead atoms. The van der Waals surface area contributed by atoms with Crippen molar-refractivity contribution in [1.29, 1.82) is 0 Å². The Labute approximate surface area is 248 Å². The van der Waals surface area contributed by atoms with E-state index in [9.17, 15) is 4.79 Å². The van der Waals surface area contributed by atoms with Gasteiger partial charge in [-0.3, -0.25) is 9.48 Å². The first-order valence-electron chi connectivity index (χ1n) is 13.2. The SMILES string of the molecule is CC(=O)CC(C)O.Cc1cc(C)c(B(c2ccc(-c3cn(C)nn3)cc2)c2c(C)cc(C)cc2C)c(C)c1.[Pt+2]. The minimum Gasteiger partial charge on any atom is -0.393 e. The van der Waals surface area contributed by atoms with Crippen LogP contribution in [0.25, 0.3) is 11.3 Å². The molecule has 0 aliphatic carbocycles. The van der Waals surface area contributed by atoms with Gasteiger partial charge in [-0.05, 0) is 55.4 Å². The maximum atomic E-state index is 10.1. The zero-order chi connectivity index (χ0) is 28.1. The third-order valence-corrected chi connectivity index (χ3v) is 6.78. The number of carbonyl (C=O) groups excluding carboxylic acids is 1. The van der Waals surface area contributed by atoms with Gasteiger partial charge in [0.15, 0.2) is 0 Å². The number of aryl methyl sites for hydroxylation is 7. The third kappa shape index (κ3) is 8.33. The van der Waals surface area contributed by atoms with Crippen LogP contribution in [-0.2, 0) is 32.9 Å². The molecule has 0 amide bonds. The molecular formula is C32H40BN3O2Pt+2. The number of Topliss-reactive ketones (excluding diaryl/α,β-unsaturated/α-hetero) is 1. The normalized spacial score (nSPS) is 11.2. The van der Waals surface area contributed by atoms with E-state index < -0.39 is 6.10 Å². The summed E-state index contributed by atoms with van der Waals surface area (Å²) in [5.74, 6) is 0.0370. The topological polar surface area (TPSA) is 68.0 Å². The summed E-state index contributed by atoms with van der Waals surface area (Å²) in [6.07, 6.45) is 1.76. The van der Waals surface area contributed by atoms with Gasteiger partial charge in [-0.1, -0.05) is 104 Å². The monoisotopic (exact) mass is 704 g/mol. The van der Waals surface area contributed by atoms with E-state index in [1.807, 2.05) is 13.2 Å². The molecule has 1 heterocycles. The Kier molecular flexibility index (Phi) is 11.6.